The third-order valence-electron chi connectivity index (χ3n) is 16.0. The molecule has 2 saturated heterocycles. The minimum absolute atomic E-state index is 0.0359. The van der Waals surface area contributed by atoms with Crippen molar-refractivity contribution >= 4 is 112 Å². The van der Waals surface area contributed by atoms with Gasteiger partial charge in [0, 0.05) is 78.2 Å². The highest BCUT2D eigenvalue weighted by Gasteiger charge is 2.65. The van der Waals surface area contributed by atoms with Gasteiger partial charge in [0.15, 0.2) is 11.6 Å². The van der Waals surface area contributed by atoms with Crippen molar-refractivity contribution in [1.82, 2.24) is 59.3 Å². The number of nitrogens with zero attached hydrogens (tertiary/aromatic N) is 12. The summed E-state index contributed by atoms with van der Waals surface area (Å²) in [6, 6.07) is 14.8. The number of hydrogen-bond acceptors (Lipinski definition) is 16. The molecule has 5 N–H and O–H groups in total. The number of hydrogen-bond donors (Lipinski definition) is 4. The Morgan fingerprint density at radius 2 is 0.976 bits per heavy atom. The average Bonchev–Trinajstić information content (AvgIpc) is 1.58. The molecule has 2 aliphatic carbocycles. The minimum Gasteiger partial charge on any atom is -0.478 e. The SMILES string of the molecule is CC(=O)c1nn(CC(=O)N2[C@H](C(=O)Nc3cc(C(=O)O)cc(Br)n3)C[C@@]3(C)C[C@@H]23)c2ccc(-c3cnc(C)nc3)cc12.CC(=O)c1nn(CC(=O)N2[C@H](C(=O)Nc3cc(C(N)=O)cc(Br)n3)C[C@@]3(C)C[C@@H]23)c2ccc(-c3cnc(C)nc3)cc12. The molecule has 0 bridgehead atoms. The predicted octanol–water partition coefficient (Wildman–Crippen LogP) is 7.16. The van der Waals surface area contributed by atoms with E-state index in [-0.39, 0.29) is 98.1 Å². The molecule has 6 aromatic heterocycles. The van der Waals surface area contributed by atoms with Crippen molar-refractivity contribution in [3.05, 3.63) is 129 Å². The third kappa shape index (κ3) is 11.0. The number of fused-ring (bicyclic) bond motifs is 4. The minimum atomic E-state index is -1.16. The van der Waals surface area contributed by atoms with Gasteiger partial charge in [-0.1, -0.05) is 26.0 Å². The number of piperidine rings is 2. The van der Waals surface area contributed by atoms with Crippen LogP contribution in [0.15, 0.2) is 94.7 Å². The molecular weight excluding hydrogens is 1210 g/mol. The Bertz CT molecular complexity index is 3870. The number of nitrogens with one attached hydrogen (secondary N) is 2. The molecule has 8 aromatic rings. The summed E-state index contributed by atoms with van der Waals surface area (Å²) in [5.74, 6) is -2.19. The summed E-state index contributed by atoms with van der Waals surface area (Å²) >= 11 is 6.40. The van der Waals surface area contributed by atoms with Crippen LogP contribution in [0.3, 0.4) is 0 Å². The molecule has 2 aliphatic heterocycles. The summed E-state index contributed by atoms with van der Waals surface area (Å²) in [6.45, 7) is 10.3. The first kappa shape index (κ1) is 56.8. The van der Waals surface area contributed by atoms with Gasteiger partial charge in [-0.15, -0.1) is 0 Å². The second-order valence-electron chi connectivity index (χ2n) is 22.2. The molecule has 6 atom stereocenters. The van der Waals surface area contributed by atoms with E-state index in [4.69, 9.17) is 5.73 Å². The topological polar surface area (TPSA) is 326 Å². The smallest absolute Gasteiger partial charge is 0.335 e. The summed E-state index contributed by atoms with van der Waals surface area (Å²) in [4.78, 5) is 131. The molecular formula is C58H53Br2N15O9. The average molecular weight is 1260 g/mol. The summed E-state index contributed by atoms with van der Waals surface area (Å²) in [5, 5.41) is 25.0. The highest BCUT2D eigenvalue weighted by Crippen LogP contribution is 2.60. The fourth-order valence-corrected chi connectivity index (χ4v) is 12.4. The summed E-state index contributed by atoms with van der Waals surface area (Å²) in [7, 11) is 0. The van der Waals surface area contributed by atoms with Gasteiger partial charge in [0.05, 0.1) is 16.6 Å². The van der Waals surface area contributed by atoms with Crippen molar-refractivity contribution in [3.8, 4) is 22.3 Å². The van der Waals surface area contributed by atoms with Gasteiger partial charge >= 0.3 is 5.97 Å². The number of carboxylic acid groups (broad SMARTS) is 1. The number of pyridine rings is 2. The maximum Gasteiger partial charge on any atom is 0.335 e. The molecule has 24 nitrogen and oxygen atoms in total. The fourth-order valence-electron chi connectivity index (χ4n) is 11.5. The number of carbonyl (C=O) groups is 8. The fraction of sp³-hybridized carbons (Fsp3) is 0.310. The van der Waals surface area contributed by atoms with Crippen LogP contribution in [0.1, 0.15) is 107 Å². The third-order valence-corrected chi connectivity index (χ3v) is 16.9. The van der Waals surface area contributed by atoms with E-state index in [0.717, 1.165) is 35.1 Å². The van der Waals surface area contributed by atoms with Crippen LogP contribution in [0.25, 0.3) is 44.1 Å². The van der Waals surface area contributed by atoms with E-state index >= 15 is 0 Å². The van der Waals surface area contributed by atoms with Crippen molar-refractivity contribution in [1.29, 1.82) is 0 Å². The number of halogens is 2. The molecule has 0 unspecified atom stereocenters. The molecule has 8 heterocycles. The molecule has 0 spiro atoms. The Morgan fingerprint density at radius 1 is 0.583 bits per heavy atom. The largest absolute Gasteiger partial charge is 0.478 e. The van der Waals surface area contributed by atoms with Gasteiger partial charge in [0.2, 0.25) is 29.5 Å². The Kier molecular flexibility index (Phi) is 14.6. The van der Waals surface area contributed by atoms with Crippen molar-refractivity contribution in [2.75, 3.05) is 10.6 Å². The van der Waals surface area contributed by atoms with Crippen molar-refractivity contribution in [3.63, 3.8) is 0 Å². The number of aromatic carboxylic acids is 1. The number of rotatable bonds is 14. The number of ketones is 2. The van der Waals surface area contributed by atoms with E-state index in [1.807, 2.05) is 43.3 Å². The van der Waals surface area contributed by atoms with Crippen LogP contribution in [-0.2, 0) is 32.3 Å². The lowest BCUT2D eigenvalue weighted by molar-refractivity contribution is -0.138. The molecule has 2 saturated carbocycles. The number of carboxylic acids is 1. The monoisotopic (exact) mass is 1260 g/mol. The molecule has 26 heteroatoms. The predicted molar refractivity (Wildman–Crippen MR) is 311 cm³/mol. The van der Waals surface area contributed by atoms with E-state index in [2.05, 4.69) is 89.5 Å². The van der Waals surface area contributed by atoms with E-state index in [1.54, 1.807) is 48.4 Å². The summed E-state index contributed by atoms with van der Waals surface area (Å²) < 4.78 is 3.63. The number of amides is 5. The Morgan fingerprint density at radius 3 is 1.36 bits per heavy atom. The number of benzene rings is 2. The molecule has 12 rings (SSSR count). The number of Topliss-reactive ketones (excluding diaryl/α,β-unsaturated/α-hetero) is 2. The Labute approximate surface area is 495 Å². The number of likely N-dealkylation sites (tertiary alicyclic amines) is 2. The standard InChI is InChI=1S/C29H27BrN8O4.C29H26BrN7O5/c1-14(39)26-19-6-16(18-11-32-15(2)33-12-18)4-5-20(19)37(36-26)13-25(40)38-21(9-29(3)10-22(29)38)28(42)35-24-8-17(27(31)41)7-23(30)34-24;1-14(38)26-19-6-16(18-11-31-15(2)32-12-18)4-5-20(19)36(35-26)13-25(39)37-21(9-29(3)10-22(29)37)27(40)34-24-8-17(28(41)42)7-23(30)33-24/h4-8,11-12,21-22H,9-10,13H2,1-3H3,(H2,31,41)(H,34,35,42);4-8,11-12,21-22H,9-10,13H2,1-3H3,(H,41,42)(H,33,34,40)/t2*21-,22+,29-/m00/s1. The van der Waals surface area contributed by atoms with Gasteiger partial charge in [-0.3, -0.25) is 42.9 Å². The lowest BCUT2D eigenvalue weighted by Gasteiger charge is -2.27. The number of carbonyl (C=O) groups excluding carboxylic acids is 7. The van der Waals surface area contributed by atoms with Crippen LogP contribution in [0.2, 0.25) is 0 Å². The van der Waals surface area contributed by atoms with Crippen LogP contribution in [-0.4, -0.2) is 136 Å². The number of primary amides is 1. The first-order valence-corrected chi connectivity index (χ1v) is 28.2. The van der Waals surface area contributed by atoms with E-state index in [0.29, 0.717) is 50.9 Å². The second-order valence-corrected chi connectivity index (χ2v) is 23.8. The Hall–Kier alpha value is -9.04. The first-order valence-electron chi connectivity index (χ1n) is 26.6. The summed E-state index contributed by atoms with van der Waals surface area (Å²) in [6.07, 6.45) is 9.39. The highest BCUT2D eigenvalue weighted by atomic mass is 79.9. The van der Waals surface area contributed by atoms with Gasteiger partial charge in [0.1, 0.15) is 69.1 Å². The molecule has 428 valence electrons. The zero-order chi connectivity index (χ0) is 59.8. The van der Waals surface area contributed by atoms with E-state index in [1.165, 1.54) is 47.5 Å². The highest BCUT2D eigenvalue weighted by molar-refractivity contribution is 9.10. The van der Waals surface area contributed by atoms with Crippen LogP contribution in [0.4, 0.5) is 11.6 Å². The summed E-state index contributed by atoms with van der Waals surface area (Å²) in [5.41, 5.74) is 10.2. The zero-order valence-electron chi connectivity index (χ0n) is 46.0. The number of aryl methyl sites for hydroxylation is 2. The van der Waals surface area contributed by atoms with Gasteiger partial charge < -0.3 is 31.3 Å². The number of anilines is 2. The van der Waals surface area contributed by atoms with E-state index < -0.39 is 35.8 Å². The van der Waals surface area contributed by atoms with Crippen molar-refractivity contribution in [2.24, 2.45) is 16.6 Å². The normalized spacial score (nSPS) is 20.8. The maximum absolute atomic E-state index is 13.8. The quantitative estimate of drug-likeness (QED) is 0.0620. The molecule has 4 fully saturated rings. The zero-order valence-corrected chi connectivity index (χ0v) is 49.2. The Balaban J connectivity index is 0.000000175. The number of nitrogens with two attached hydrogens (primary N) is 1. The van der Waals surface area contributed by atoms with Crippen LogP contribution < -0.4 is 16.4 Å². The lowest BCUT2D eigenvalue weighted by Crippen LogP contribution is -2.46. The van der Waals surface area contributed by atoms with Crippen molar-refractivity contribution < 1.29 is 43.5 Å². The van der Waals surface area contributed by atoms with Crippen LogP contribution in [0.5, 0.6) is 0 Å². The van der Waals surface area contributed by atoms with Gasteiger partial charge in [0.25, 0.3) is 0 Å². The molecule has 5 amide bonds. The number of aromatic nitrogens is 10. The van der Waals surface area contributed by atoms with Crippen molar-refractivity contribution in [2.45, 2.75) is 104 Å². The molecule has 84 heavy (non-hydrogen) atoms. The second kappa shape index (κ2) is 21.6. The first-order chi connectivity index (χ1) is 39.9. The van der Waals surface area contributed by atoms with Crippen LogP contribution >= 0.6 is 31.9 Å². The van der Waals surface area contributed by atoms with Crippen LogP contribution in [0, 0.1) is 24.7 Å². The molecule has 2 aromatic carbocycles. The lowest BCUT2D eigenvalue weighted by atomic mass is 10.0. The van der Waals surface area contributed by atoms with Gasteiger partial charge in [-0.05, 0) is 142 Å². The van der Waals surface area contributed by atoms with E-state index in [9.17, 15) is 43.5 Å². The maximum atomic E-state index is 13.8. The molecule has 4 aliphatic rings. The van der Waals surface area contributed by atoms with Gasteiger partial charge in [-0.25, -0.2) is 34.7 Å². The van der Waals surface area contributed by atoms with Gasteiger partial charge in [-0.2, -0.15) is 10.2 Å². The molecule has 0 radical (unpaired) electrons.